The molecule has 1 aliphatic rings. The van der Waals surface area contributed by atoms with Gasteiger partial charge in [-0.15, -0.1) is 0 Å². The highest BCUT2D eigenvalue weighted by Gasteiger charge is 2.40. The molecule has 0 heterocycles. The minimum atomic E-state index is -0.313. The van der Waals surface area contributed by atoms with Gasteiger partial charge in [-0.2, -0.15) is 0 Å². The van der Waals surface area contributed by atoms with Crippen LogP contribution in [0.5, 0.6) is 0 Å². The maximum absolute atomic E-state index is 11.9. The van der Waals surface area contributed by atoms with E-state index in [4.69, 9.17) is 0 Å². The molecule has 0 amide bonds. The Kier molecular flexibility index (Phi) is 3.89. The standard InChI is InChI=1S/C12H20O3/c1-9-5-4-6-10(13)12(9,2)8-7-11(14)15-3/h9H,4-8H2,1-3H3/t9-,12-/m1/s1. The molecule has 0 unspecified atom stereocenters. The number of ketones is 1. The van der Waals surface area contributed by atoms with E-state index in [0.29, 0.717) is 31.0 Å². The molecule has 0 aliphatic heterocycles. The lowest BCUT2D eigenvalue weighted by Gasteiger charge is -2.38. The predicted molar refractivity (Wildman–Crippen MR) is 57.4 cm³/mol. The van der Waals surface area contributed by atoms with Gasteiger partial charge in [0.2, 0.25) is 0 Å². The molecule has 3 heteroatoms. The number of hydrogen-bond acceptors (Lipinski definition) is 3. The topological polar surface area (TPSA) is 43.4 Å². The molecule has 0 bridgehead atoms. The quantitative estimate of drug-likeness (QED) is 0.674. The summed E-state index contributed by atoms with van der Waals surface area (Å²) in [6.45, 7) is 4.09. The van der Waals surface area contributed by atoms with E-state index in [1.165, 1.54) is 7.11 Å². The highest BCUT2D eigenvalue weighted by molar-refractivity contribution is 5.86. The van der Waals surface area contributed by atoms with Crippen LogP contribution in [0.1, 0.15) is 46.0 Å². The van der Waals surface area contributed by atoms with Crippen LogP contribution in [0.2, 0.25) is 0 Å². The number of esters is 1. The van der Waals surface area contributed by atoms with E-state index in [-0.39, 0.29) is 11.4 Å². The molecule has 3 nitrogen and oxygen atoms in total. The van der Waals surface area contributed by atoms with Crippen molar-refractivity contribution in [1.82, 2.24) is 0 Å². The number of carbonyl (C=O) groups is 2. The van der Waals surface area contributed by atoms with E-state index in [0.717, 1.165) is 12.8 Å². The van der Waals surface area contributed by atoms with E-state index in [9.17, 15) is 9.59 Å². The van der Waals surface area contributed by atoms with E-state index in [1.807, 2.05) is 6.92 Å². The third-order valence-corrected chi connectivity index (χ3v) is 3.84. The average Bonchev–Trinajstić information content (AvgIpc) is 2.23. The van der Waals surface area contributed by atoms with E-state index in [2.05, 4.69) is 11.7 Å². The zero-order valence-corrected chi connectivity index (χ0v) is 9.84. The Hall–Kier alpha value is -0.860. The minimum absolute atomic E-state index is 0.221. The second-order valence-electron chi connectivity index (χ2n) is 4.71. The summed E-state index contributed by atoms with van der Waals surface area (Å²) in [5, 5.41) is 0. The van der Waals surface area contributed by atoms with Crippen molar-refractivity contribution in [2.75, 3.05) is 7.11 Å². The van der Waals surface area contributed by atoms with Gasteiger partial charge >= 0.3 is 5.97 Å². The predicted octanol–water partition coefficient (Wildman–Crippen LogP) is 2.33. The van der Waals surface area contributed by atoms with Crippen LogP contribution in [-0.4, -0.2) is 18.9 Å². The number of methoxy groups -OCH3 is 1. The first-order chi connectivity index (χ1) is 7.00. The number of ether oxygens (including phenoxy) is 1. The molecule has 86 valence electrons. The second-order valence-corrected chi connectivity index (χ2v) is 4.71. The van der Waals surface area contributed by atoms with E-state index >= 15 is 0 Å². The Bertz CT molecular complexity index is 260. The molecule has 0 aromatic rings. The van der Waals surface area contributed by atoms with Gasteiger partial charge in [0.15, 0.2) is 0 Å². The molecule has 0 aromatic heterocycles. The van der Waals surface area contributed by atoms with Crippen molar-refractivity contribution in [2.24, 2.45) is 11.3 Å². The molecular formula is C12H20O3. The summed E-state index contributed by atoms with van der Waals surface area (Å²) < 4.78 is 4.61. The number of Topliss-reactive ketones (excluding diaryl/α,β-unsaturated/α-hetero) is 1. The van der Waals surface area contributed by atoms with E-state index in [1.54, 1.807) is 0 Å². The fourth-order valence-corrected chi connectivity index (χ4v) is 2.30. The molecule has 0 aromatic carbocycles. The first-order valence-corrected chi connectivity index (χ1v) is 5.61. The van der Waals surface area contributed by atoms with Crippen LogP contribution < -0.4 is 0 Å². The van der Waals surface area contributed by atoms with Crippen molar-refractivity contribution in [2.45, 2.75) is 46.0 Å². The number of carbonyl (C=O) groups excluding carboxylic acids is 2. The van der Waals surface area contributed by atoms with Crippen LogP contribution in [-0.2, 0) is 14.3 Å². The Morgan fingerprint density at radius 3 is 2.80 bits per heavy atom. The van der Waals surface area contributed by atoms with Crippen LogP contribution in [0.4, 0.5) is 0 Å². The zero-order chi connectivity index (χ0) is 11.5. The Morgan fingerprint density at radius 1 is 1.60 bits per heavy atom. The molecule has 0 spiro atoms. The molecule has 2 atom stereocenters. The fourth-order valence-electron chi connectivity index (χ4n) is 2.30. The Morgan fingerprint density at radius 2 is 2.27 bits per heavy atom. The van der Waals surface area contributed by atoms with Gasteiger partial charge < -0.3 is 4.74 Å². The maximum atomic E-state index is 11.9. The monoisotopic (exact) mass is 212 g/mol. The van der Waals surface area contributed by atoms with Gasteiger partial charge in [0, 0.05) is 18.3 Å². The van der Waals surface area contributed by atoms with E-state index < -0.39 is 0 Å². The lowest BCUT2D eigenvalue weighted by Crippen LogP contribution is -2.38. The van der Waals surface area contributed by atoms with Gasteiger partial charge in [0.05, 0.1) is 7.11 Å². The van der Waals surface area contributed by atoms with Crippen LogP contribution in [0, 0.1) is 11.3 Å². The van der Waals surface area contributed by atoms with Crippen LogP contribution in [0.15, 0.2) is 0 Å². The van der Waals surface area contributed by atoms with Crippen molar-refractivity contribution >= 4 is 11.8 Å². The summed E-state index contributed by atoms with van der Waals surface area (Å²) in [6.07, 6.45) is 3.72. The Balaban J connectivity index is 2.61. The molecule has 1 fully saturated rings. The molecule has 1 aliphatic carbocycles. The van der Waals surface area contributed by atoms with Gasteiger partial charge in [0.1, 0.15) is 5.78 Å². The summed E-state index contributed by atoms with van der Waals surface area (Å²) >= 11 is 0. The minimum Gasteiger partial charge on any atom is -0.469 e. The van der Waals surface area contributed by atoms with Crippen molar-refractivity contribution < 1.29 is 14.3 Å². The van der Waals surface area contributed by atoms with Crippen LogP contribution in [0.25, 0.3) is 0 Å². The zero-order valence-electron chi connectivity index (χ0n) is 9.84. The van der Waals surface area contributed by atoms with Gasteiger partial charge in [-0.3, -0.25) is 9.59 Å². The van der Waals surface area contributed by atoms with Crippen molar-refractivity contribution in [1.29, 1.82) is 0 Å². The molecular weight excluding hydrogens is 192 g/mol. The molecule has 0 saturated heterocycles. The van der Waals surface area contributed by atoms with Crippen molar-refractivity contribution in [3.05, 3.63) is 0 Å². The first kappa shape index (κ1) is 12.2. The smallest absolute Gasteiger partial charge is 0.305 e. The van der Waals surface area contributed by atoms with Crippen molar-refractivity contribution in [3.63, 3.8) is 0 Å². The first-order valence-electron chi connectivity index (χ1n) is 5.61. The SMILES string of the molecule is COC(=O)CC[C@@]1(C)C(=O)CCC[C@H]1C. The summed E-state index contributed by atoms with van der Waals surface area (Å²) in [7, 11) is 1.39. The molecule has 15 heavy (non-hydrogen) atoms. The summed E-state index contributed by atoms with van der Waals surface area (Å²) in [6, 6.07) is 0. The lowest BCUT2D eigenvalue weighted by atomic mass is 9.65. The largest absolute Gasteiger partial charge is 0.469 e. The van der Waals surface area contributed by atoms with Gasteiger partial charge in [-0.05, 0) is 25.2 Å². The third-order valence-electron chi connectivity index (χ3n) is 3.84. The summed E-state index contributed by atoms with van der Waals surface area (Å²) in [5.41, 5.74) is -0.313. The van der Waals surface area contributed by atoms with Crippen LogP contribution in [0.3, 0.4) is 0 Å². The average molecular weight is 212 g/mol. The number of rotatable bonds is 3. The highest BCUT2D eigenvalue weighted by Crippen LogP contribution is 2.41. The van der Waals surface area contributed by atoms with Gasteiger partial charge in [-0.25, -0.2) is 0 Å². The summed E-state index contributed by atoms with van der Waals surface area (Å²) in [5.74, 6) is 0.468. The second kappa shape index (κ2) is 4.77. The lowest BCUT2D eigenvalue weighted by molar-refractivity contribution is -0.143. The van der Waals surface area contributed by atoms with Crippen LogP contribution >= 0.6 is 0 Å². The highest BCUT2D eigenvalue weighted by atomic mass is 16.5. The summed E-state index contributed by atoms with van der Waals surface area (Å²) in [4.78, 5) is 23.0. The normalized spacial score (nSPS) is 31.4. The third kappa shape index (κ3) is 2.58. The van der Waals surface area contributed by atoms with Gasteiger partial charge in [-0.1, -0.05) is 13.8 Å². The maximum Gasteiger partial charge on any atom is 0.305 e. The van der Waals surface area contributed by atoms with Crippen molar-refractivity contribution in [3.8, 4) is 0 Å². The molecule has 0 N–H and O–H groups in total. The molecule has 1 saturated carbocycles. The van der Waals surface area contributed by atoms with Gasteiger partial charge in [0.25, 0.3) is 0 Å². The molecule has 0 radical (unpaired) electrons. The number of hydrogen-bond donors (Lipinski definition) is 0. The fraction of sp³-hybridized carbons (Fsp3) is 0.833. The Labute approximate surface area is 91.2 Å². The molecule has 1 rings (SSSR count).